The molecular weight excluding hydrogens is 428 g/mol. The highest BCUT2D eigenvalue weighted by molar-refractivity contribution is 5.97. The summed E-state index contributed by atoms with van der Waals surface area (Å²) in [5.41, 5.74) is 2.18. The lowest BCUT2D eigenvalue weighted by atomic mass is 10.0. The van der Waals surface area contributed by atoms with E-state index in [9.17, 15) is 8.78 Å². The largest absolute Gasteiger partial charge is 0.494 e. The number of ether oxygens (including phenoxy) is 1. The van der Waals surface area contributed by atoms with E-state index < -0.39 is 11.6 Å². The summed E-state index contributed by atoms with van der Waals surface area (Å²) in [6.07, 6.45) is 6.27. The molecule has 0 radical (unpaired) electrons. The number of nitrogens with zero attached hydrogens (tertiary/aromatic N) is 4. The average Bonchev–Trinajstić information content (AvgIpc) is 3.35. The molecule has 0 aliphatic rings. The van der Waals surface area contributed by atoms with E-state index in [1.54, 1.807) is 36.8 Å². The molecule has 7 nitrogen and oxygen atoms in total. The molecule has 164 valence electrons. The second-order valence-electron chi connectivity index (χ2n) is 7.19. The molecular formula is C24H17F2N5O2. The zero-order valence-corrected chi connectivity index (χ0v) is 17.4. The van der Waals surface area contributed by atoms with Crippen molar-refractivity contribution in [1.82, 2.24) is 19.9 Å². The zero-order valence-electron chi connectivity index (χ0n) is 17.4. The van der Waals surface area contributed by atoms with Crippen LogP contribution in [0.4, 0.5) is 14.6 Å². The molecule has 3 aromatic heterocycles. The van der Waals surface area contributed by atoms with E-state index in [1.165, 1.54) is 25.6 Å². The summed E-state index contributed by atoms with van der Waals surface area (Å²) < 4.78 is 38.7. The van der Waals surface area contributed by atoms with Crippen molar-refractivity contribution >= 4 is 16.7 Å². The Kier molecular flexibility index (Phi) is 5.35. The fourth-order valence-corrected chi connectivity index (χ4v) is 3.50. The Bertz CT molecular complexity index is 1410. The normalized spacial score (nSPS) is 11.0. The van der Waals surface area contributed by atoms with Gasteiger partial charge in [0.25, 0.3) is 0 Å². The molecule has 0 fully saturated rings. The van der Waals surface area contributed by atoms with Gasteiger partial charge in [0, 0.05) is 29.4 Å². The topological polar surface area (TPSA) is 86.0 Å². The van der Waals surface area contributed by atoms with Gasteiger partial charge in [-0.05, 0) is 47.5 Å². The van der Waals surface area contributed by atoms with Crippen LogP contribution in [0.3, 0.4) is 0 Å². The highest BCUT2D eigenvalue weighted by Gasteiger charge is 2.16. The first-order valence-corrected chi connectivity index (χ1v) is 9.98. The zero-order chi connectivity index (χ0) is 22.8. The molecule has 5 rings (SSSR count). The van der Waals surface area contributed by atoms with Crippen molar-refractivity contribution in [1.29, 1.82) is 0 Å². The van der Waals surface area contributed by atoms with Gasteiger partial charge < -0.3 is 14.5 Å². The quantitative estimate of drug-likeness (QED) is 0.382. The molecule has 0 aliphatic carbocycles. The molecule has 0 atom stereocenters. The van der Waals surface area contributed by atoms with Gasteiger partial charge in [-0.2, -0.15) is 0 Å². The van der Waals surface area contributed by atoms with Crippen LogP contribution >= 0.6 is 0 Å². The van der Waals surface area contributed by atoms with Crippen LogP contribution in [-0.2, 0) is 6.54 Å². The first kappa shape index (κ1) is 20.5. The number of anilines is 1. The second-order valence-corrected chi connectivity index (χ2v) is 7.19. The minimum atomic E-state index is -0.670. The summed E-state index contributed by atoms with van der Waals surface area (Å²) in [6.45, 7) is 0.319. The van der Waals surface area contributed by atoms with Crippen molar-refractivity contribution in [3.8, 4) is 28.3 Å². The van der Waals surface area contributed by atoms with Gasteiger partial charge in [-0.25, -0.2) is 23.7 Å². The predicted octanol–water partition coefficient (Wildman–Crippen LogP) is 5.25. The van der Waals surface area contributed by atoms with Crippen LogP contribution in [0.25, 0.3) is 33.4 Å². The number of halogens is 2. The summed E-state index contributed by atoms with van der Waals surface area (Å²) in [7, 11) is 1.51. The Morgan fingerprint density at radius 3 is 2.45 bits per heavy atom. The van der Waals surface area contributed by atoms with Crippen LogP contribution in [0.1, 0.15) is 5.76 Å². The lowest BCUT2D eigenvalue weighted by molar-refractivity contribution is 0.419. The maximum Gasteiger partial charge on any atom is 0.180 e. The molecule has 0 spiro atoms. The Labute approximate surface area is 187 Å². The third kappa shape index (κ3) is 4.20. The van der Waals surface area contributed by atoms with Crippen molar-refractivity contribution in [3.63, 3.8) is 0 Å². The van der Waals surface area contributed by atoms with Crippen LogP contribution in [-0.4, -0.2) is 27.0 Å². The maximum atomic E-state index is 13.9. The molecule has 9 heteroatoms. The summed E-state index contributed by atoms with van der Waals surface area (Å²) in [5, 5.41) is 3.86. The highest BCUT2D eigenvalue weighted by atomic mass is 19.1. The van der Waals surface area contributed by atoms with Crippen LogP contribution in [0, 0.1) is 11.6 Å². The van der Waals surface area contributed by atoms with Gasteiger partial charge in [-0.1, -0.05) is 0 Å². The van der Waals surface area contributed by atoms with Gasteiger partial charge in [0.15, 0.2) is 12.2 Å². The molecule has 0 unspecified atom stereocenters. The van der Waals surface area contributed by atoms with Gasteiger partial charge in [0.2, 0.25) is 0 Å². The molecule has 0 bridgehead atoms. The van der Waals surface area contributed by atoms with Crippen LogP contribution < -0.4 is 10.1 Å². The first-order valence-electron chi connectivity index (χ1n) is 9.98. The smallest absolute Gasteiger partial charge is 0.180 e. The Balaban J connectivity index is 1.71. The number of hydrogen-bond donors (Lipinski definition) is 1. The van der Waals surface area contributed by atoms with Crippen molar-refractivity contribution in [3.05, 3.63) is 84.8 Å². The van der Waals surface area contributed by atoms with Crippen molar-refractivity contribution in [2.24, 2.45) is 0 Å². The molecule has 0 saturated heterocycles. The molecule has 33 heavy (non-hydrogen) atoms. The van der Waals surface area contributed by atoms with Crippen LogP contribution in [0.5, 0.6) is 5.75 Å². The minimum absolute atomic E-state index is 0.319. The summed E-state index contributed by atoms with van der Waals surface area (Å²) in [6, 6.07) is 10.5. The first-order chi connectivity index (χ1) is 16.1. The van der Waals surface area contributed by atoms with Crippen LogP contribution in [0.15, 0.2) is 71.9 Å². The van der Waals surface area contributed by atoms with E-state index in [4.69, 9.17) is 14.1 Å². The molecule has 0 amide bonds. The highest BCUT2D eigenvalue weighted by Crippen LogP contribution is 2.36. The minimum Gasteiger partial charge on any atom is -0.494 e. The Morgan fingerprint density at radius 2 is 1.76 bits per heavy atom. The third-order valence-electron chi connectivity index (χ3n) is 5.01. The average molecular weight is 445 g/mol. The molecule has 5 aromatic rings. The summed E-state index contributed by atoms with van der Waals surface area (Å²) >= 11 is 0. The van der Waals surface area contributed by atoms with Gasteiger partial charge in [-0.15, -0.1) is 0 Å². The number of fused-ring (bicyclic) bond motifs is 1. The number of methoxy groups -OCH3 is 1. The van der Waals surface area contributed by atoms with E-state index in [2.05, 4.69) is 20.3 Å². The number of benzene rings is 2. The van der Waals surface area contributed by atoms with E-state index >= 15 is 0 Å². The molecule has 1 N–H and O–H groups in total. The van der Waals surface area contributed by atoms with Gasteiger partial charge >= 0.3 is 0 Å². The third-order valence-corrected chi connectivity index (χ3v) is 5.01. The maximum absolute atomic E-state index is 13.9. The molecule has 2 aromatic carbocycles. The lowest BCUT2D eigenvalue weighted by Gasteiger charge is -2.14. The second kappa shape index (κ2) is 8.62. The van der Waals surface area contributed by atoms with Gasteiger partial charge in [0.05, 0.1) is 19.9 Å². The number of pyridine rings is 1. The van der Waals surface area contributed by atoms with E-state index in [0.29, 0.717) is 51.7 Å². The number of oxazole rings is 1. The number of aromatic nitrogens is 4. The predicted molar refractivity (Wildman–Crippen MR) is 119 cm³/mol. The van der Waals surface area contributed by atoms with Gasteiger partial charge in [-0.3, -0.25) is 4.98 Å². The van der Waals surface area contributed by atoms with E-state index in [-0.39, 0.29) is 0 Å². The van der Waals surface area contributed by atoms with E-state index in [1.807, 2.05) is 6.07 Å². The summed E-state index contributed by atoms with van der Waals surface area (Å²) in [4.78, 5) is 17.4. The fraction of sp³-hybridized carbons (Fsp3) is 0.0833. The SMILES string of the molecule is COc1cc(-c2cc(F)cc(F)c2)cc2c(NCc3cnco3)nc(-c3cccnc3)nc12. The van der Waals surface area contributed by atoms with Crippen molar-refractivity contribution in [2.45, 2.75) is 6.54 Å². The van der Waals surface area contributed by atoms with E-state index in [0.717, 1.165) is 11.6 Å². The molecule has 0 aliphatic heterocycles. The van der Waals surface area contributed by atoms with Crippen molar-refractivity contribution in [2.75, 3.05) is 12.4 Å². The summed E-state index contributed by atoms with van der Waals surface area (Å²) in [5.74, 6) is 0.639. The number of rotatable bonds is 6. The number of nitrogens with one attached hydrogen (secondary N) is 1. The standard InChI is InChI=1S/C24H17F2N5O2/c1-32-21-8-16(15-5-17(25)9-18(26)6-15)7-20-22(21)30-23(14-3-2-4-27-10-14)31-24(20)29-12-19-11-28-13-33-19/h2-11,13H,12H2,1H3,(H,29,30,31). The van der Waals surface area contributed by atoms with Crippen molar-refractivity contribution < 1.29 is 17.9 Å². The molecule has 0 saturated carbocycles. The number of hydrogen-bond acceptors (Lipinski definition) is 7. The van der Waals surface area contributed by atoms with Crippen LogP contribution in [0.2, 0.25) is 0 Å². The lowest BCUT2D eigenvalue weighted by Crippen LogP contribution is -2.05. The Hall–Kier alpha value is -4.40. The van der Waals surface area contributed by atoms with Gasteiger partial charge in [0.1, 0.15) is 34.5 Å². The molecule has 3 heterocycles. The monoisotopic (exact) mass is 445 g/mol. The fourth-order valence-electron chi connectivity index (χ4n) is 3.50. The Morgan fingerprint density at radius 1 is 0.939 bits per heavy atom.